The van der Waals surface area contributed by atoms with E-state index >= 15 is 0 Å². The van der Waals surface area contributed by atoms with Crippen LogP contribution in [0.25, 0.3) is 10.9 Å². The van der Waals surface area contributed by atoms with Crippen LogP contribution in [0, 0.1) is 17.0 Å². The minimum atomic E-state index is -0.756. The molecule has 1 aliphatic heterocycles. The summed E-state index contributed by atoms with van der Waals surface area (Å²) in [5, 5.41) is 11.8. The van der Waals surface area contributed by atoms with Gasteiger partial charge in [0.05, 0.1) is 5.52 Å². The number of nitrogens with zero attached hydrogens (tertiary/aromatic N) is 2. The fraction of sp³-hybridized carbons (Fsp3) is 0.476. The van der Waals surface area contributed by atoms with Crippen molar-refractivity contribution in [3.05, 3.63) is 35.5 Å². The van der Waals surface area contributed by atoms with Gasteiger partial charge in [-0.15, -0.1) is 0 Å². The van der Waals surface area contributed by atoms with Crippen LogP contribution in [0.2, 0.25) is 0 Å². The van der Waals surface area contributed by atoms with Crippen LogP contribution < -0.4 is 5.32 Å². The third-order valence-corrected chi connectivity index (χ3v) is 5.45. The number of hydrogen-bond donors (Lipinski definition) is 3. The van der Waals surface area contributed by atoms with Crippen LogP contribution >= 0.6 is 0 Å². The third-order valence-electron chi connectivity index (χ3n) is 5.45. The molecule has 0 saturated carbocycles. The van der Waals surface area contributed by atoms with Crippen LogP contribution in [-0.4, -0.2) is 76.9 Å². The number of aliphatic hydroxyl groups is 1. The molecule has 1 aromatic carbocycles. The summed E-state index contributed by atoms with van der Waals surface area (Å²) in [6, 6.07) is 3.21. The zero-order valence-corrected chi connectivity index (χ0v) is 17.5. The molecule has 1 aliphatic rings. The molecular weight excluding hydrogens is 410 g/mol. The highest BCUT2D eigenvalue weighted by atomic mass is 19.1. The summed E-state index contributed by atoms with van der Waals surface area (Å²) in [5.41, 5.74) is -0.0174. The molecule has 1 saturated heterocycles. The maximum atomic E-state index is 13.9. The SMILES string of the molecule is CC(C)(CCO)CNC(=O)C(=O)N1CCN(C(=O)c2cc3c(F)cc(F)cc3[nH]2)CC1. The molecule has 0 bridgehead atoms. The van der Waals surface area contributed by atoms with Crippen LogP contribution in [0.3, 0.4) is 0 Å². The Hall–Kier alpha value is -3.01. The molecule has 3 amide bonds. The van der Waals surface area contributed by atoms with Gasteiger partial charge in [-0.1, -0.05) is 13.8 Å². The van der Waals surface area contributed by atoms with E-state index in [9.17, 15) is 23.2 Å². The zero-order chi connectivity index (χ0) is 22.8. The van der Waals surface area contributed by atoms with Crippen molar-refractivity contribution in [2.24, 2.45) is 5.41 Å². The predicted molar refractivity (Wildman–Crippen MR) is 109 cm³/mol. The van der Waals surface area contributed by atoms with Crippen molar-refractivity contribution in [2.45, 2.75) is 20.3 Å². The van der Waals surface area contributed by atoms with Crippen molar-refractivity contribution >= 4 is 28.6 Å². The normalized spacial score (nSPS) is 14.7. The number of carbonyl (C=O) groups excluding carboxylic acids is 3. The van der Waals surface area contributed by atoms with Gasteiger partial charge in [-0.2, -0.15) is 0 Å². The first-order chi connectivity index (χ1) is 14.6. The van der Waals surface area contributed by atoms with E-state index in [4.69, 9.17) is 5.11 Å². The Bertz CT molecular complexity index is 997. The lowest BCUT2D eigenvalue weighted by atomic mass is 9.90. The molecule has 8 nitrogen and oxygen atoms in total. The van der Waals surface area contributed by atoms with E-state index < -0.39 is 29.4 Å². The summed E-state index contributed by atoms with van der Waals surface area (Å²) in [6.45, 7) is 4.78. The topological polar surface area (TPSA) is 106 Å². The monoisotopic (exact) mass is 436 g/mol. The Labute approximate surface area is 178 Å². The number of aromatic amines is 1. The fourth-order valence-electron chi connectivity index (χ4n) is 3.49. The number of nitrogens with one attached hydrogen (secondary N) is 2. The number of rotatable bonds is 5. The van der Waals surface area contributed by atoms with E-state index in [1.165, 1.54) is 15.9 Å². The van der Waals surface area contributed by atoms with Crippen molar-refractivity contribution in [2.75, 3.05) is 39.3 Å². The summed E-state index contributed by atoms with van der Waals surface area (Å²) in [6.07, 6.45) is 0.493. The number of hydrogen-bond acceptors (Lipinski definition) is 4. The molecule has 3 rings (SSSR count). The summed E-state index contributed by atoms with van der Waals surface area (Å²) < 4.78 is 27.3. The molecule has 31 heavy (non-hydrogen) atoms. The van der Waals surface area contributed by atoms with Gasteiger partial charge in [-0.3, -0.25) is 14.4 Å². The fourth-order valence-corrected chi connectivity index (χ4v) is 3.49. The van der Waals surface area contributed by atoms with Crippen molar-refractivity contribution < 1.29 is 28.3 Å². The Morgan fingerprint density at radius 1 is 1.10 bits per heavy atom. The van der Waals surface area contributed by atoms with Gasteiger partial charge in [0.15, 0.2) is 0 Å². The molecular formula is C21H26F2N4O4. The minimum Gasteiger partial charge on any atom is -0.396 e. The molecule has 168 valence electrons. The van der Waals surface area contributed by atoms with E-state index in [0.717, 1.165) is 12.1 Å². The van der Waals surface area contributed by atoms with Crippen LogP contribution in [0.5, 0.6) is 0 Å². The Balaban J connectivity index is 1.56. The maximum absolute atomic E-state index is 13.9. The number of H-pyrrole nitrogens is 1. The van der Waals surface area contributed by atoms with Crippen LogP contribution in [-0.2, 0) is 9.59 Å². The van der Waals surface area contributed by atoms with E-state index in [1.54, 1.807) is 0 Å². The van der Waals surface area contributed by atoms with Crippen LogP contribution in [0.4, 0.5) is 8.78 Å². The van der Waals surface area contributed by atoms with Crippen molar-refractivity contribution in [1.82, 2.24) is 20.1 Å². The number of aliphatic hydroxyl groups excluding tert-OH is 1. The van der Waals surface area contributed by atoms with Gasteiger partial charge in [-0.25, -0.2) is 8.78 Å². The van der Waals surface area contributed by atoms with Gasteiger partial charge in [0.25, 0.3) is 5.91 Å². The largest absolute Gasteiger partial charge is 0.396 e. The smallest absolute Gasteiger partial charge is 0.312 e. The minimum absolute atomic E-state index is 0.00917. The second kappa shape index (κ2) is 9.01. The molecule has 0 unspecified atom stereocenters. The summed E-state index contributed by atoms with van der Waals surface area (Å²) in [5.74, 6) is -3.28. The summed E-state index contributed by atoms with van der Waals surface area (Å²) in [4.78, 5) is 42.9. The van der Waals surface area contributed by atoms with Gasteiger partial charge in [-0.05, 0) is 24.0 Å². The molecule has 2 heterocycles. The quantitative estimate of drug-likeness (QED) is 0.614. The molecule has 0 aliphatic carbocycles. The lowest BCUT2D eigenvalue weighted by Gasteiger charge is -2.34. The zero-order valence-electron chi connectivity index (χ0n) is 17.5. The first-order valence-electron chi connectivity index (χ1n) is 10.1. The van der Waals surface area contributed by atoms with E-state index in [1.807, 2.05) is 13.8 Å². The number of carbonyl (C=O) groups is 3. The highest BCUT2D eigenvalue weighted by Gasteiger charge is 2.30. The van der Waals surface area contributed by atoms with Crippen molar-refractivity contribution in [1.29, 1.82) is 0 Å². The highest BCUT2D eigenvalue weighted by Crippen LogP contribution is 2.22. The second-order valence-corrected chi connectivity index (χ2v) is 8.44. The average molecular weight is 436 g/mol. The van der Waals surface area contributed by atoms with Gasteiger partial charge >= 0.3 is 11.8 Å². The average Bonchev–Trinajstić information content (AvgIpc) is 3.15. The first kappa shape index (κ1) is 22.7. The van der Waals surface area contributed by atoms with Gasteiger partial charge < -0.3 is 25.2 Å². The van der Waals surface area contributed by atoms with Crippen molar-refractivity contribution in [3.63, 3.8) is 0 Å². The Kier molecular flexibility index (Phi) is 6.59. The maximum Gasteiger partial charge on any atom is 0.312 e. The Morgan fingerprint density at radius 3 is 2.39 bits per heavy atom. The molecule has 2 aromatic rings. The number of piperazine rings is 1. The molecule has 10 heteroatoms. The van der Waals surface area contributed by atoms with E-state index in [2.05, 4.69) is 10.3 Å². The Morgan fingerprint density at radius 2 is 1.74 bits per heavy atom. The number of amides is 3. The van der Waals surface area contributed by atoms with Gasteiger partial charge in [0.2, 0.25) is 0 Å². The summed E-state index contributed by atoms with van der Waals surface area (Å²) >= 11 is 0. The number of aromatic nitrogens is 1. The number of benzene rings is 1. The van der Waals surface area contributed by atoms with E-state index in [0.29, 0.717) is 6.42 Å². The molecule has 0 radical (unpaired) electrons. The molecule has 1 aromatic heterocycles. The standard InChI is InChI=1S/C21H26F2N4O4/c1-21(2,3-8-28)12-24-18(29)20(31)27-6-4-26(5-7-27)19(30)17-11-14-15(23)9-13(22)10-16(14)25-17/h9-11,25,28H,3-8,12H2,1-2H3,(H,24,29). The van der Waals surface area contributed by atoms with Gasteiger partial charge in [0.1, 0.15) is 17.3 Å². The predicted octanol–water partition coefficient (Wildman–Crippen LogP) is 1.26. The molecule has 0 atom stereocenters. The molecule has 0 spiro atoms. The van der Waals surface area contributed by atoms with E-state index in [-0.39, 0.29) is 61.3 Å². The number of fused-ring (bicyclic) bond motifs is 1. The van der Waals surface area contributed by atoms with Gasteiger partial charge in [0, 0.05) is 50.8 Å². The first-order valence-corrected chi connectivity index (χ1v) is 10.1. The molecule has 3 N–H and O–H groups in total. The third kappa shape index (κ3) is 5.19. The second-order valence-electron chi connectivity index (χ2n) is 8.44. The van der Waals surface area contributed by atoms with Crippen molar-refractivity contribution in [3.8, 4) is 0 Å². The number of halogens is 2. The lowest BCUT2D eigenvalue weighted by Crippen LogP contribution is -2.54. The van der Waals surface area contributed by atoms with Crippen LogP contribution in [0.15, 0.2) is 18.2 Å². The summed E-state index contributed by atoms with van der Waals surface area (Å²) in [7, 11) is 0. The highest BCUT2D eigenvalue weighted by molar-refractivity contribution is 6.35. The van der Waals surface area contributed by atoms with Crippen LogP contribution in [0.1, 0.15) is 30.8 Å². The lowest BCUT2D eigenvalue weighted by molar-refractivity contribution is -0.147. The molecule has 1 fully saturated rings.